The van der Waals surface area contributed by atoms with Crippen LogP contribution in [0.3, 0.4) is 0 Å². The number of hydrogen-bond donors (Lipinski definition) is 1. The van der Waals surface area contributed by atoms with Gasteiger partial charge in [0.15, 0.2) is 0 Å². The number of nitro benzene ring substituents is 1. The number of benzene rings is 1. The van der Waals surface area contributed by atoms with E-state index in [1.165, 1.54) is 6.07 Å². The first kappa shape index (κ1) is 13.2. The lowest BCUT2D eigenvalue weighted by atomic mass is 9.92. The molecule has 0 aliphatic carbocycles. The maximum atomic E-state index is 11.2. The van der Waals surface area contributed by atoms with Gasteiger partial charge < -0.3 is 5.11 Å². The largest absolute Gasteiger partial charge is 0.481 e. The molecule has 0 aliphatic heterocycles. The van der Waals surface area contributed by atoms with Gasteiger partial charge in [-0.1, -0.05) is 25.0 Å². The maximum absolute atomic E-state index is 11.2. The van der Waals surface area contributed by atoms with Crippen LogP contribution in [0.5, 0.6) is 0 Å². The van der Waals surface area contributed by atoms with Crippen LogP contribution in [-0.2, 0) is 4.79 Å². The Hall–Kier alpha value is -1.91. The quantitative estimate of drug-likeness (QED) is 0.630. The highest BCUT2D eigenvalue weighted by atomic mass is 16.6. The third kappa shape index (κ3) is 3.03. The molecule has 0 fully saturated rings. The Morgan fingerprint density at radius 3 is 2.65 bits per heavy atom. The zero-order valence-corrected chi connectivity index (χ0v) is 9.84. The van der Waals surface area contributed by atoms with Gasteiger partial charge >= 0.3 is 5.97 Å². The molecular formula is C12H15NO4. The zero-order valence-electron chi connectivity index (χ0n) is 9.84. The topological polar surface area (TPSA) is 80.4 Å². The molecule has 17 heavy (non-hydrogen) atoms. The van der Waals surface area contributed by atoms with Crippen molar-refractivity contribution in [3.63, 3.8) is 0 Å². The molecule has 0 heterocycles. The van der Waals surface area contributed by atoms with Crippen LogP contribution in [0, 0.1) is 17.0 Å². The number of carboxylic acid groups (broad SMARTS) is 1. The molecule has 5 heteroatoms. The van der Waals surface area contributed by atoms with Gasteiger partial charge in [-0.05, 0) is 19.4 Å². The predicted octanol–water partition coefficient (Wildman–Crippen LogP) is 2.87. The average Bonchev–Trinajstić information content (AvgIpc) is 2.24. The molecule has 0 aromatic heterocycles. The molecule has 0 radical (unpaired) electrons. The molecule has 1 unspecified atom stereocenters. The first-order valence-corrected chi connectivity index (χ1v) is 5.45. The number of aryl methyl sites for hydroxylation is 1. The second-order valence-corrected chi connectivity index (χ2v) is 4.00. The number of carboxylic acids is 1. The normalized spacial score (nSPS) is 12.1. The van der Waals surface area contributed by atoms with Crippen LogP contribution in [0.1, 0.15) is 36.8 Å². The van der Waals surface area contributed by atoms with E-state index in [1.54, 1.807) is 19.1 Å². The molecule has 0 amide bonds. The molecule has 1 aromatic rings. The number of nitro groups is 1. The third-order valence-corrected chi connectivity index (χ3v) is 2.63. The lowest BCUT2D eigenvalue weighted by molar-refractivity contribution is -0.385. The van der Waals surface area contributed by atoms with E-state index in [0.717, 1.165) is 5.56 Å². The van der Waals surface area contributed by atoms with Gasteiger partial charge in [0.05, 0.1) is 10.8 Å². The van der Waals surface area contributed by atoms with E-state index >= 15 is 0 Å². The minimum atomic E-state index is -1.01. The summed E-state index contributed by atoms with van der Waals surface area (Å²) in [6.07, 6.45) is 1.07. The molecule has 0 spiro atoms. The summed E-state index contributed by atoms with van der Waals surface area (Å²) in [6.45, 7) is 3.65. The smallest absolute Gasteiger partial charge is 0.311 e. The Kier molecular flexibility index (Phi) is 4.20. The first-order chi connectivity index (χ1) is 7.97. The van der Waals surface area contributed by atoms with Crippen LogP contribution in [0.4, 0.5) is 5.69 Å². The van der Waals surface area contributed by atoms with Crippen molar-refractivity contribution in [3.05, 3.63) is 39.4 Å². The van der Waals surface area contributed by atoms with Gasteiger partial charge in [0.25, 0.3) is 5.69 Å². The van der Waals surface area contributed by atoms with E-state index in [9.17, 15) is 14.9 Å². The molecule has 5 nitrogen and oxygen atoms in total. The van der Waals surface area contributed by atoms with Crippen molar-refractivity contribution in [2.45, 2.75) is 32.6 Å². The summed E-state index contributed by atoms with van der Waals surface area (Å²) in [6, 6.07) is 4.58. The number of aliphatic carboxylic acids is 1. The van der Waals surface area contributed by atoms with Crippen LogP contribution >= 0.6 is 0 Å². The zero-order chi connectivity index (χ0) is 13.0. The number of hydrogen-bond acceptors (Lipinski definition) is 3. The molecule has 1 atom stereocenters. The van der Waals surface area contributed by atoms with E-state index in [4.69, 9.17) is 5.11 Å². The first-order valence-electron chi connectivity index (χ1n) is 5.45. The number of carbonyl (C=O) groups is 1. The fraction of sp³-hybridized carbons (Fsp3) is 0.417. The second kappa shape index (κ2) is 5.43. The number of rotatable bonds is 5. The van der Waals surface area contributed by atoms with Gasteiger partial charge in [-0.15, -0.1) is 0 Å². The Balaban J connectivity index is 3.29. The van der Waals surface area contributed by atoms with Gasteiger partial charge in [-0.25, -0.2) is 0 Å². The predicted molar refractivity (Wildman–Crippen MR) is 63.1 cm³/mol. The maximum Gasteiger partial charge on any atom is 0.311 e. The van der Waals surface area contributed by atoms with E-state index in [-0.39, 0.29) is 5.69 Å². The van der Waals surface area contributed by atoms with E-state index < -0.39 is 16.8 Å². The third-order valence-electron chi connectivity index (χ3n) is 2.63. The van der Waals surface area contributed by atoms with Crippen molar-refractivity contribution in [1.29, 1.82) is 0 Å². The fourth-order valence-corrected chi connectivity index (χ4v) is 1.82. The fourth-order valence-electron chi connectivity index (χ4n) is 1.82. The Morgan fingerprint density at radius 1 is 1.53 bits per heavy atom. The number of nitrogens with zero attached hydrogens (tertiary/aromatic N) is 1. The van der Waals surface area contributed by atoms with Crippen molar-refractivity contribution in [3.8, 4) is 0 Å². The molecule has 0 saturated heterocycles. The van der Waals surface area contributed by atoms with Crippen LogP contribution in [-0.4, -0.2) is 16.0 Å². The lowest BCUT2D eigenvalue weighted by Gasteiger charge is -2.12. The summed E-state index contributed by atoms with van der Waals surface area (Å²) in [5.74, 6) is -1.82. The highest BCUT2D eigenvalue weighted by Crippen LogP contribution is 2.30. The lowest BCUT2D eigenvalue weighted by Crippen LogP contribution is -2.13. The van der Waals surface area contributed by atoms with Crippen molar-refractivity contribution in [2.24, 2.45) is 0 Å². The van der Waals surface area contributed by atoms with Gasteiger partial charge in [-0.2, -0.15) is 0 Å². The van der Waals surface area contributed by atoms with Crippen molar-refractivity contribution >= 4 is 11.7 Å². The Bertz CT molecular complexity index is 442. The molecular weight excluding hydrogens is 222 g/mol. The standard InChI is InChI=1S/C12H15NO4/c1-3-4-9(12(14)15)10-7-8(2)5-6-11(10)13(16)17/h5-7,9H,3-4H2,1-2H3,(H,14,15). The average molecular weight is 237 g/mol. The highest BCUT2D eigenvalue weighted by Gasteiger charge is 2.26. The van der Waals surface area contributed by atoms with Gasteiger partial charge in [0, 0.05) is 11.6 Å². The van der Waals surface area contributed by atoms with E-state index in [2.05, 4.69) is 0 Å². The van der Waals surface area contributed by atoms with Crippen LogP contribution in [0.2, 0.25) is 0 Å². The molecule has 1 aromatic carbocycles. The monoisotopic (exact) mass is 237 g/mol. The molecule has 0 saturated carbocycles. The van der Waals surface area contributed by atoms with Gasteiger partial charge in [0.2, 0.25) is 0 Å². The van der Waals surface area contributed by atoms with Crippen molar-refractivity contribution in [1.82, 2.24) is 0 Å². The molecule has 0 bridgehead atoms. The Labute approximate surface area is 99.2 Å². The summed E-state index contributed by atoms with van der Waals surface area (Å²) in [5.41, 5.74) is 1.01. The summed E-state index contributed by atoms with van der Waals surface area (Å²) < 4.78 is 0. The minimum absolute atomic E-state index is 0.114. The van der Waals surface area contributed by atoms with Crippen molar-refractivity contribution in [2.75, 3.05) is 0 Å². The van der Waals surface area contributed by atoms with Crippen LogP contribution in [0.15, 0.2) is 18.2 Å². The highest BCUT2D eigenvalue weighted by molar-refractivity contribution is 5.78. The SMILES string of the molecule is CCCC(C(=O)O)c1cc(C)ccc1[N+](=O)[O-]. The molecule has 1 rings (SSSR count). The van der Waals surface area contributed by atoms with E-state index in [1.807, 2.05) is 6.92 Å². The molecule has 1 N–H and O–H groups in total. The van der Waals surface area contributed by atoms with Crippen molar-refractivity contribution < 1.29 is 14.8 Å². The van der Waals surface area contributed by atoms with Crippen LogP contribution < -0.4 is 0 Å². The molecule has 0 aliphatic rings. The van der Waals surface area contributed by atoms with Crippen LogP contribution in [0.25, 0.3) is 0 Å². The summed E-state index contributed by atoms with van der Waals surface area (Å²) in [4.78, 5) is 21.5. The summed E-state index contributed by atoms with van der Waals surface area (Å²) in [5, 5.41) is 20.0. The minimum Gasteiger partial charge on any atom is -0.481 e. The molecule has 92 valence electrons. The second-order valence-electron chi connectivity index (χ2n) is 4.00. The summed E-state index contributed by atoms with van der Waals surface area (Å²) >= 11 is 0. The van der Waals surface area contributed by atoms with Gasteiger partial charge in [-0.3, -0.25) is 14.9 Å². The Morgan fingerprint density at radius 2 is 2.18 bits per heavy atom. The van der Waals surface area contributed by atoms with Gasteiger partial charge in [0.1, 0.15) is 0 Å². The van der Waals surface area contributed by atoms with E-state index in [0.29, 0.717) is 18.4 Å². The summed E-state index contributed by atoms with van der Waals surface area (Å²) in [7, 11) is 0.